The highest BCUT2D eigenvalue weighted by Crippen LogP contribution is 2.28. The number of para-hydroxylation sites is 1. The van der Waals surface area contributed by atoms with Crippen molar-refractivity contribution in [3.63, 3.8) is 0 Å². The van der Waals surface area contributed by atoms with Crippen molar-refractivity contribution in [2.24, 2.45) is 4.99 Å². The number of hydrogen-bond donors (Lipinski definition) is 0. The molecule has 0 aliphatic rings. The number of nitrogens with zero attached hydrogens (tertiary/aromatic N) is 2. The largest absolute Gasteiger partial charge is 0.279 e. The van der Waals surface area contributed by atoms with Gasteiger partial charge < -0.3 is 0 Å². The maximum atomic E-state index is 13.5. The molecule has 21 heavy (non-hydrogen) atoms. The molecule has 0 N–H and O–H groups in total. The first-order chi connectivity index (χ1) is 9.91. The first kappa shape index (κ1) is 15.1. The Bertz CT molecular complexity index is 727. The van der Waals surface area contributed by atoms with Gasteiger partial charge in [-0.2, -0.15) is 0 Å². The predicted octanol–water partition coefficient (Wildman–Crippen LogP) is 4.50. The minimum Gasteiger partial charge on any atom is -0.258 e. The quantitative estimate of drug-likeness (QED) is 0.476. The van der Waals surface area contributed by atoms with Crippen LogP contribution in [0.15, 0.2) is 41.4 Å². The van der Waals surface area contributed by atoms with E-state index in [4.69, 9.17) is 11.6 Å². The Morgan fingerprint density at radius 1 is 1.19 bits per heavy atom. The highest BCUT2D eigenvalue weighted by Gasteiger charge is 2.20. The zero-order valence-corrected chi connectivity index (χ0v) is 11.6. The van der Waals surface area contributed by atoms with E-state index < -0.39 is 22.2 Å². The van der Waals surface area contributed by atoms with Gasteiger partial charge in [0.15, 0.2) is 11.6 Å². The summed E-state index contributed by atoms with van der Waals surface area (Å²) in [7, 11) is 0. The van der Waals surface area contributed by atoms with Crippen molar-refractivity contribution in [1.29, 1.82) is 0 Å². The van der Waals surface area contributed by atoms with Crippen LogP contribution in [-0.4, -0.2) is 10.1 Å². The van der Waals surface area contributed by atoms with Gasteiger partial charge in [0.05, 0.1) is 10.5 Å². The number of hydrogen-bond acceptors (Lipinski definition) is 3. The second kappa shape index (κ2) is 5.97. The van der Waals surface area contributed by atoms with E-state index in [2.05, 4.69) is 4.99 Å². The van der Waals surface area contributed by atoms with Crippen molar-refractivity contribution in [1.82, 2.24) is 0 Å². The summed E-state index contributed by atoms with van der Waals surface area (Å²) in [6, 6.07) is 7.57. The standard InChI is InChI=1S/C14H9ClF2N2O2/c1-8-4-2-7-11(19(20)21)12(8)14(15)18-13-9(16)5-3-6-10(13)17/h2-7H,1H3. The van der Waals surface area contributed by atoms with Gasteiger partial charge in [-0.05, 0) is 24.6 Å². The Kier molecular flexibility index (Phi) is 4.28. The predicted molar refractivity (Wildman–Crippen MR) is 76.2 cm³/mol. The van der Waals surface area contributed by atoms with E-state index in [9.17, 15) is 18.9 Å². The SMILES string of the molecule is Cc1cccc([N+](=O)[O-])c1C(Cl)=Nc1c(F)cccc1F. The maximum absolute atomic E-state index is 13.5. The number of aliphatic imine (C=N–C) groups is 1. The van der Waals surface area contributed by atoms with E-state index in [1.165, 1.54) is 18.2 Å². The smallest absolute Gasteiger partial charge is 0.258 e. The zero-order valence-electron chi connectivity index (χ0n) is 10.8. The molecule has 0 spiro atoms. The third-order valence-electron chi connectivity index (χ3n) is 2.80. The average Bonchev–Trinajstić information content (AvgIpc) is 2.42. The summed E-state index contributed by atoms with van der Waals surface area (Å²) >= 11 is 5.95. The van der Waals surface area contributed by atoms with E-state index >= 15 is 0 Å². The normalized spacial score (nSPS) is 11.5. The van der Waals surface area contributed by atoms with E-state index in [1.54, 1.807) is 13.0 Å². The molecule has 0 saturated heterocycles. The van der Waals surface area contributed by atoms with Crippen molar-refractivity contribution >= 4 is 28.1 Å². The maximum Gasteiger partial charge on any atom is 0.279 e. The van der Waals surface area contributed by atoms with Crippen LogP contribution in [0.25, 0.3) is 0 Å². The van der Waals surface area contributed by atoms with Crippen LogP contribution >= 0.6 is 11.6 Å². The second-order valence-electron chi connectivity index (χ2n) is 4.20. The Morgan fingerprint density at radius 2 is 1.76 bits per heavy atom. The number of rotatable bonds is 3. The molecule has 0 heterocycles. The molecule has 0 radical (unpaired) electrons. The lowest BCUT2D eigenvalue weighted by atomic mass is 10.1. The first-order valence-corrected chi connectivity index (χ1v) is 6.22. The van der Waals surface area contributed by atoms with Crippen molar-refractivity contribution in [2.45, 2.75) is 6.92 Å². The molecule has 0 aromatic heterocycles. The summed E-state index contributed by atoms with van der Waals surface area (Å²) in [6.45, 7) is 1.60. The molecular weight excluding hydrogens is 302 g/mol. The third-order valence-corrected chi connectivity index (χ3v) is 3.07. The summed E-state index contributed by atoms with van der Waals surface area (Å²) in [6.07, 6.45) is 0. The Balaban J connectivity index is 2.62. The number of benzene rings is 2. The van der Waals surface area contributed by atoms with Crippen LogP contribution in [0.3, 0.4) is 0 Å². The van der Waals surface area contributed by atoms with Gasteiger partial charge in [-0.25, -0.2) is 13.8 Å². The van der Waals surface area contributed by atoms with Crippen LogP contribution in [0.1, 0.15) is 11.1 Å². The van der Waals surface area contributed by atoms with Crippen molar-refractivity contribution in [3.05, 3.63) is 69.3 Å². The van der Waals surface area contributed by atoms with Gasteiger partial charge in [0.1, 0.15) is 10.9 Å². The Labute approximate surface area is 123 Å². The van der Waals surface area contributed by atoms with Crippen molar-refractivity contribution in [2.75, 3.05) is 0 Å². The molecule has 0 bridgehead atoms. The fourth-order valence-corrected chi connectivity index (χ4v) is 2.15. The molecule has 4 nitrogen and oxygen atoms in total. The first-order valence-electron chi connectivity index (χ1n) is 5.84. The summed E-state index contributed by atoms with van der Waals surface area (Å²) in [5.74, 6) is -1.80. The number of nitro groups is 1. The minimum absolute atomic E-state index is 0.0341. The number of nitro benzene ring substituents is 1. The van der Waals surface area contributed by atoms with Gasteiger partial charge in [-0.15, -0.1) is 0 Å². The fourth-order valence-electron chi connectivity index (χ4n) is 1.82. The molecule has 0 unspecified atom stereocenters. The average molecular weight is 311 g/mol. The van der Waals surface area contributed by atoms with Crippen LogP contribution in [0, 0.1) is 28.7 Å². The molecule has 2 rings (SSSR count). The van der Waals surface area contributed by atoms with Gasteiger partial charge in [0, 0.05) is 6.07 Å². The van der Waals surface area contributed by atoms with Crippen molar-refractivity contribution in [3.8, 4) is 0 Å². The van der Waals surface area contributed by atoms with Crippen LogP contribution in [-0.2, 0) is 0 Å². The summed E-state index contributed by atoms with van der Waals surface area (Å²) in [5, 5.41) is 10.7. The molecule has 2 aromatic rings. The molecule has 7 heteroatoms. The lowest BCUT2D eigenvalue weighted by Crippen LogP contribution is -2.02. The van der Waals surface area contributed by atoms with Crippen LogP contribution in [0.2, 0.25) is 0 Å². The topological polar surface area (TPSA) is 55.5 Å². The van der Waals surface area contributed by atoms with Crippen molar-refractivity contribution < 1.29 is 13.7 Å². The molecular formula is C14H9ClF2N2O2. The van der Waals surface area contributed by atoms with Gasteiger partial charge in [0.2, 0.25) is 0 Å². The summed E-state index contributed by atoms with van der Waals surface area (Å²) in [4.78, 5) is 14.0. The lowest BCUT2D eigenvalue weighted by molar-refractivity contribution is -0.385. The second-order valence-corrected chi connectivity index (χ2v) is 4.56. The number of aryl methyl sites for hydroxylation is 1. The number of halogens is 3. The highest BCUT2D eigenvalue weighted by molar-refractivity contribution is 6.70. The van der Waals surface area contributed by atoms with Gasteiger partial charge >= 0.3 is 0 Å². The molecule has 0 saturated carbocycles. The zero-order chi connectivity index (χ0) is 15.6. The van der Waals surface area contributed by atoms with Crippen LogP contribution in [0.4, 0.5) is 20.2 Å². The molecule has 0 fully saturated rings. The van der Waals surface area contributed by atoms with E-state index in [0.29, 0.717) is 5.56 Å². The van der Waals surface area contributed by atoms with Gasteiger partial charge in [-0.1, -0.05) is 29.8 Å². The molecule has 2 aromatic carbocycles. The molecule has 0 amide bonds. The Morgan fingerprint density at radius 3 is 2.33 bits per heavy atom. The van der Waals surface area contributed by atoms with E-state index in [1.807, 2.05) is 0 Å². The molecule has 0 aliphatic heterocycles. The monoisotopic (exact) mass is 310 g/mol. The Hall–Kier alpha value is -2.34. The molecule has 0 aliphatic carbocycles. The minimum atomic E-state index is -0.899. The summed E-state index contributed by atoms with van der Waals surface area (Å²) < 4.78 is 27.1. The van der Waals surface area contributed by atoms with E-state index in [-0.39, 0.29) is 16.4 Å². The third kappa shape index (κ3) is 3.05. The highest BCUT2D eigenvalue weighted by atomic mass is 35.5. The molecule has 0 atom stereocenters. The van der Waals surface area contributed by atoms with Crippen LogP contribution in [0.5, 0.6) is 0 Å². The van der Waals surface area contributed by atoms with E-state index in [0.717, 1.165) is 12.1 Å². The van der Waals surface area contributed by atoms with Gasteiger partial charge in [0.25, 0.3) is 5.69 Å². The fraction of sp³-hybridized carbons (Fsp3) is 0.0714. The van der Waals surface area contributed by atoms with Crippen LogP contribution < -0.4 is 0 Å². The lowest BCUT2D eigenvalue weighted by Gasteiger charge is -2.05. The molecule has 108 valence electrons. The summed E-state index contributed by atoms with van der Waals surface area (Å²) in [5.41, 5.74) is -0.345. The van der Waals surface area contributed by atoms with Gasteiger partial charge in [-0.3, -0.25) is 10.1 Å².